The highest BCUT2D eigenvalue weighted by Crippen LogP contribution is 2.37. The van der Waals surface area contributed by atoms with Gasteiger partial charge in [0.05, 0.1) is 32.7 Å². The van der Waals surface area contributed by atoms with E-state index in [0.717, 1.165) is 41.7 Å². The van der Waals surface area contributed by atoms with Gasteiger partial charge in [-0.2, -0.15) is 0 Å². The van der Waals surface area contributed by atoms with Gasteiger partial charge in [0.2, 0.25) is 0 Å². The third-order valence-corrected chi connectivity index (χ3v) is 7.02. The molecule has 0 aliphatic carbocycles. The van der Waals surface area contributed by atoms with E-state index in [2.05, 4.69) is 96.1 Å². The van der Waals surface area contributed by atoms with E-state index in [4.69, 9.17) is 0 Å². The highest BCUT2D eigenvalue weighted by Gasteiger charge is 2.50. The number of nitrogens with one attached hydrogen (secondary N) is 1. The number of hydrogen-bond donors (Lipinski definition) is 1. The molecule has 4 heteroatoms. The van der Waals surface area contributed by atoms with Gasteiger partial charge < -0.3 is 14.7 Å². The summed E-state index contributed by atoms with van der Waals surface area (Å²) in [4.78, 5) is 15.4. The van der Waals surface area contributed by atoms with E-state index < -0.39 is 5.54 Å². The fraction of sp³-hybridized carbons (Fsp3) is 0.296. The molecule has 0 aromatic heterocycles. The molecule has 2 fully saturated rings. The topological polar surface area (TPSA) is 32.3 Å². The average Bonchev–Trinajstić information content (AvgIpc) is 3.36. The Bertz CT molecular complexity index is 998. The number of likely N-dealkylation sites (tertiary alicyclic amines) is 1. The van der Waals surface area contributed by atoms with Crippen LogP contribution in [0.2, 0.25) is 0 Å². The second-order valence-corrected chi connectivity index (χ2v) is 9.31. The number of nitrogens with zero attached hydrogens (tertiary/aromatic N) is 2. The fourth-order valence-corrected chi connectivity index (χ4v) is 5.43. The van der Waals surface area contributed by atoms with Gasteiger partial charge in [-0.15, -0.1) is 0 Å². The molecule has 0 saturated carbocycles. The second-order valence-electron chi connectivity index (χ2n) is 9.31. The minimum atomic E-state index is -0.509. The van der Waals surface area contributed by atoms with Crippen LogP contribution in [-0.4, -0.2) is 48.1 Å². The summed E-state index contributed by atoms with van der Waals surface area (Å²) in [6.07, 6.45) is 1.04. The van der Waals surface area contributed by atoms with Crippen LogP contribution in [0, 0.1) is 0 Å². The van der Waals surface area contributed by atoms with Crippen molar-refractivity contribution in [2.45, 2.75) is 24.5 Å². The number of urea groups is 1. The number of benzene rings is 3. The Hall–Kier alpha value is -3.11. The summed E-state index contributed by atoms with van der Waals surface area (Å²) < 4.78 is 0.974. The van der Waals surface area contributed by atoms with Crippen LogP contribution in [0.1, 0.15) is 23.1 Å². The molecule has 158 valence electrons. The van der Waals surface area contributed by atoms with Gasteiger partial charge >= 0.3 is 6.03 Å². The van der Waals surface area contributed by atoms with E-state index >= 15 is 0 Å². The maximum absolute atomic E-state index is 13.3. The summed E-state index contributed by atoms with van der Waals surface area (Å²) in [5, 5.41) is 3.38. The van der Waals surface area contributed by atoms with Crippen molar-refractivity contribution in [2.24, 2.45) is 0 Å². The average molecular weight is 413 g/mol. The number of hydrogen-bond acceptors (Lipinski definition) is 1. The fourth-order valence-electron chi connectivity index (χ4n) is 5.43. The standard InChI is InChI=1S/C27H29N3O/c1-30(19-22-11-5-2-6-12-22)18-17-25(20-30)29-21-27(28-26(29)31,23-13-7-3-8-14-23)24-15-9-4-10-16-24/h2-16,25H,17-21H2,1H3/p+1/t25-,30?/m1/s1. The summed E-state index contributed by atoms with van der Waals surface area (Å²) >= 11 is 0. The zero-order chi connectivity index (χ0) is 21.3. The minimum absolute atomic E-state index is 0.0471. The van der Waals surface area contributed by atoms with Crippen LogP contribution < -0.4 is 5.32 Å². The van der Waals surface area contributed by atoms with Crippen LogP contribution >= 0.6 is 0 Å². The lowest BCUT2D eigenvalue weighted by Gasteiger charge is -2.32. The summed E-state index contributed by atoms with van der Waals surface area (Å²) in [6.45, 7) is 3.75. The van der Waals surface area contributed by atoms with Gasteiger partial charge in [-0.25, -0.2) is 4.79 Å². The molecule has 4 nitrogen and oxygen atoms in total. The van der Waals surface area contributed by atoms with Crippen molar-refractivity contribution in [3.63, 3.8) is 0 Å². The van der Waals surface area contributed by atoms with Crippen molar-refractivity contribution in [1.29, 1.82) is 0 Å². The smallest absolute Gasteiger partial charge is 0.319 e. The first kappa shape index (κ1) is 19.8. The lowest BCUT2D eigenvalue weighted by Crippen LogP contribution is -2.46. The van der Waals surface area contributed by atoms with Crippen molar-refractivity contribution in [3.05, 3.63) is 108 Å². The molecule has 3 aromatic carbocycles. The minimum Gasteiger partial charge on any atom is -0.323 e. The molecule has 0 bridgehead atoms. The molecule has 2 aliphatic heterocycles. The van der Waals surface area contributed by atoms with Crippen LogP contribution in [0.3, 0.4) is 0 Å². The van der Waals surface area contributed by atoms with Crippen molar-refractivity contribution in [3.8, 4) is 0 Å². The molecular weight excluding hydrogens is 382 g/mol. The van der Waals surface area contributed by atoms with Gasteiger partial charge in [-0.3, -0.25) is 0 Å². The Labute approximate surface area is 184 Å². The van der Waals surface area contributed by atoms with Gasteiger partial charge in [-0.05, 0) is 11.1 Å². The third kappa shape index (κ3) is 3.72. The molecule has 1 N–H and O–H groups in total. The molecule has 5 rings (SSSR count). The highest BCUT2D eigenvalue weighted by molar-refractivity contribution is 5.80. The Balaban J connectivity index is 1.41. The first-order valence-electron chi connectivity index (χ1n) is 11.2. The summed E-state index contributed by atoms with van der Waals surface area (Å²) in [5.74, 6) is 0. The predicted molar refractivity (Wildman–Crippen MR) is 123 cm³/mol. The van der Waals surface area contributed by atoms with Crippen molar-refractivity contribution >= 4 is 6.03 Å². The predicted octanol–water partition coefficient (Wildman–Crippen LogP) is 4.37. The van der Waals surface area contributed by atoms with E-state index in [1.807, 2.05) is 12.1 Å². The SMILES string of the molecule is C[N+]1(Cc2ccccc2)CC[C@@H](N2CC(c3ccccc3)(c3ccccc3)NC2=O)C1. The molecule has 3 aromatic rings. The maximum atomic E-state index is 13.3. The van der Waals surface area contributed by atoms with E-state index in [0.29, 0.717) is 6.54 Å². The van der Waals surface area contributed by atoms with E-state index in [1.54, 1.807) is 0 Å². The number of carbonyl (C=O) groups excluding carboxylic acids is 1. The molecule has 0 spiro atoms. The van der Waals surface area contributed by atoms with Gasteiger partial charge in [0, 0.05) is 12.0 Å². The van der Waals surface area contributed by atoms with E-state index in [1.165, 1.54) is 5.56 Å². The number of amides is 2. The summed E-state index contributed by atoms with van der Waals surface area (Å²) in [7, 11) is 2.32. The Kier molecular flexibility index (Phi) is 5.03. The van der Waals surface area contributed by atoms with Gasteiger partial charge in [0.15, 0.2) is 0 Å². The molecule has 2 atom stereocenters. The van der Waals surface area contributed by atoms with Crippen molar-refractivity contribution in [1.82, 2.24) is 10.2 Å². The zero-order valence-corrected chi connectivity index (χ0v) is 18.1. The Morgan fingerprint density at radius 3 is 2.03 bits per heavy atom. The molecule has 1 unspecified atom stereocenters. The lowest BCUT2D eigenvalue weighted by molar-refractivity contribution is -0.911. The Morgan fingerprint density at radius 2 is 1.45 bits per heavy atom. The molecule has 2 amide bonds. The van der Waals surface area contributed by atoms with Crippen LogP contribution in [0.4, 0.5) is 4.79 Å². The van der Waals surface area contributed by atoms with E-state index in [9.17, 15) is 4.79 Å². The molecular formula is C27H30N3O+. The third-order valence-electron chi connectivity index (χ3n) is 7.02. The maximum Gasteiger partial charge on any atom is 0.319 e. The molecule has 2 heterocycles. The number of likely N-dealkylation sites (N-methyl/N-ethyl adjacent to an activating group) is 1. The molecule has 2 saturated heterocycles. The second kappa shape index (κ2) is 7.86. The normalized spacial score (nSPS) is 24.9. The number of quaternary nitrogens is 1. The number of carbonyl (C=O) groups is 1. The monoisotopic (exact) mass is 412 g/mol. The highest BCUT2D eigenvalue weighted by atomic mass is 16.2. The van der Waals surface area contributed by atoms with Gasteiger partial charge in [0.25, 0.3) is 0 Å². The molecule has 0 radical (unpaired) electrons. The quantitative estimate of drug-likeness (QED) is 0.620. The van der Waals surface area contributed by atoms with Crippen LogP contribution in [0.5, 0.6) is 0 Å². The largest absolute Gasteiger partial charge is 0.323 e. The van der Waals surface area contributed by atoms with E-state index in [-0.39, 0.29) is 12.1 Å². The summed E-state index contributed by atoms with van der Waals surface area (Å²) in [5.41, 5.74) is 3.12. The number of rotatable bonds is 5. The lowest BCUT2D eigenvalue weighted by atomic mass is 9.83. The zero-order valence-electron chi connectivity index (χ0n) is 18.1. The van der Waals surface area contributed by atoms with Crippen LogP contribution in [-0.2, 0) is 12.1 Å². The molecule has 31 heavy (non-hydrogen) atoms. The first-order valence-corrected chi connectivity index (χ1v) is 11.2. The van der Waals surface area contributed by atoms with Crippen LogP contribution in [0.15, 0.2) is 91.0 Å². The van der Waals surface area contributed by atoms with Gasteiger partial charge in [-0.1, -0.05) is 91.0 Å². The van der Waals surface area contributed by atoms with Crippen LogP contribution in [0.25, 0.3) is 0 Å². The van der Waals surface area contributed by atoms with Gasteiger partial charge in [0.1, 0.15) is 12.1 Å². The molecule has 2 aliphatic rings. The van der Waals surface area contributed by atoms with Crippen molar-refractivity contribution < 1.29 is 9.28 Å². The first-order chi connectivity index (χ1) is 15.1. The van der Waals surface area contributed by atoms with Crippen molar-refractivity contribution in [2.75, 3.05) is 26.7 Å². The summed E-state index contributed by atoms with van der Waals surface area (Å²) in [6, 6.07) is 31.8. The Morgan fingerprint density at radius 1 is 0.903 bits per heavy atom.